The zero-order chi connectivity index (χ0) is 11.3. The number of aromatic nitrogens is 2. The number of nitrogens with zero attached hydrogens (tertiary/aromatic N) is 3. The zero-order valence-electron chi connectivity index (χ0n) is 9.40. The molecule has 0 saturated carbocycles. The molecule has 3 rings (SSSR count). The van der Waals surface area contributed by atoms with Crippen molar-refractivity contribution in [3.8, 4) is 0 Å². The van der Waals surface area contributed by atoms with Crippen LogP contribution in [0.15, 0.2) is 18.3 Å². The first kappa shape index (κ1) is 9.39. The molecule has 1 amide bonds. The Morgan fingerprint density at radius 3 is 3.00 bits per heavy atom. The Labute approximate surface area is 93.5 Å². The molecule has 0 unspecified atom stereocenters. The number of carbonyl (C=O) groups excluding carboxylic acids is 1. The molecule has 4 nitrogen and oxygen atoms in total. The summed E-state index contributed by atoms with van der Waals surface area (Å²) in [6, 6.07) is 3.98. The number of aryl methyl sites for hydroxylation is 1. The van der Waals surface area contributed by atoms with Crippen LogP contribution in [0.25, 0.3) is 5.65 Å². The topological polar surface area (TPSA) is 37.6 Å². The lowest BCUT2D eigenvalue weighted by molar-refractivity contribution is 0.0781. The fraction of sp³-hybridized carbons (Fsp3) is 0.333. The van der Waals surface area contributed by atoms with Gasteiger partial charge in [0, 0.05) is 30.5 Å². The van der Waals surface area contributed by atoms with Gasteiger partial charge in [-0.05, 0) is 19.9 Å². The highest BCUT2D eigenvalue weighted by Gasteiger charge is 2.29. The minimum Gasteiger partial charge on any atom is -0.333 e. The van der Waals surface area contributed by atoms with Gasteiger partial charge < -0.3 is 4.90 Å². The largest absolute Gasteiger partial charge is 0.333 e. The molecule has 1 aliphatic rings. The summed E-state index contributed by atoms with van der Waals surface area (Å²) >= 11 is 0. The summed E-state index contributed by atoms with van der Waals surface area (Å²) in [6.07, 6.45) is 1.80. The van der Waals surface area contributed by atoms with Crippen molar-refractivity contribution in [3.05, 3.63) is 35.3 Å². The number of fused-ring (bicyclic) bond motifs is 3. The van der Waals surface area contributed by atoms with Crippen LogP contribution in [-0.2, 0) is 6.54 Å². The SMILES string of the molecule is CCN1Cc2ccc3ncc(C)n3c2C1=O. The van der Waals surface area contributed by atoms with Crippen LogP contribution in [0.4, 0.5) is 0 Å². The van der Waals surface area contributed by atoms with Crippen LogP contribution >= 0.6 is 0 Å². The fourth-order valence-corrected chi connectivity index (χ4v) is 2.31. The van der Waals surface area contributed by atoms with Gasteiger partial charge in [0.25, 0.3) is 5.91 Å². The Balaban J connectivity index is 2.33. The Morgan fingerprint density at radius 1 is 1.44 bits per heavy atom. The van der Waals surface area contributed by atoms with Gasteiger partial charge in [-0.2, -0.15) is 0 Å². The maximum atomic E-state index is 12.2. The normalized spacial score (nSPS) is 14.9. The molecule has 4 heteroatoms. The Morgan fingerprint density at radius 2 is 2.25 bits per heavy atom. The summed E-state index contributed by atoms with van der Waals surface area (Å²) in [4.78, 5) is 18.3. The summed E-state index contributed by atoms with van der Waals surface area (Å²) < 4.78 is 1.95. The molecule has 3 heterocycles. The van der Waals surface area contributed by atoms with E-state index < -0.39 is 0 Å². The molecule has 0 atom stereocenters. The van der Waals surface area contributed by atoms with Crippen LogP contribution in [0, 0.1) is 6.92 Å². The second-order valence-electron chi connectivity index (χ2n) is 4.12. The van der Waals surface area contributed by atoms with Gasteiger partial charge in [0.1, 0.15) is 11.3 Å². The predicted octanol–water partition coefficient (Wildman–Crippen LogP) is 1.62. The van der Waals surface area contributed by atoms with Crippen LogP contribution in [0.2, 0.25) is 0 Å². The van der Waals surface area contributed by atoms with E-state index in [4.69, 9.17) is 0 Å². The van der Waals surface area contributed by atoms with E-state index in [-0.39, 0.29) is 5.91 Å². The lowest BCUT2D eigenvalue weighted by atomic mass is 10.2. The Hall–Kier alpha value is -1.84. The summed E-state index contributed by atoms with van der Waals surface area (Å²) in [5.74, 6) is 0.115. The van der Waals surface area contributed by atoms with Gasteiger partial charge in [-0.1, -0.05) is 6.07 Å². The second-order valence-corrected chi connectivity index (χ2v) is 4.12. The van der Waals surface area contributed by atoms with Crippen molar-refractivity contribution in [2.75, 3.05) is 6.54 Å². The van der Waals surface area contributed by atoms with E-state index in [1.165, 1.54) is 0 Å². The van der Waals surface area contributed by atoms with E-state index >= 15 is 0 Å². The highest BCUT2D eigenvalue weighted by molar-refractivity contribution is 5.97. The molecule has 0 N–H and O–H groups in total. The van der Waals surface area contributed by atoms with E-state index in [1.807, 2.05) is 35.3 Å². The number of carbonyl (C=O) groups is 1. The first-order valence-corrected chi connectivity index (χ1v) is 5.47. The maximum Gasteiger partial charge on any atom is 0.271 e. The quantitative estimate of drug-likeness (QED) is 0.725. The molecule has 0 radical (unpaired) electrons. The second kappa shape index (κ2) is 3.07. The van der Waals surface area contributed by atoms with Crippen LogP contribution in [0.3, 0.4) is 0 Å². The predicted molar refractivity (Wildman–Crippen MR) is 60.3 cm³/mol. The summed E-state index contributed by atoms with van der Waals surface area (Å²) in [5, 5.41) is 0. The molecule has 2 aromatic rings. The molecule has 16 heavy (non-hydrogen) atoms. The van der Waals surface area contributed by atoms with Crippen LogP contribution in [0.1, 0.15) is 28.7 Å². The van der Waals surface area contributed by atoms with Crippen molar-refractivity contribution in [1.82, 2.24) is 14.3 Å². The fourth-order valence-electron chi connectivity index (χ4n) is 2.31. The number of imidazole rings is 1. The van der Waals surface area contributed by atoms with Crippen molar-refractivity contribution in [3.63, 3.8) is 0 Å². The smallest absolute Gasteiger partial charge is 0.271 e. The molecule has 1 aliphatic heterocycles. The minimum atomic E-state index is 0.115. The Bertz CT molecular complexity index is 585. The summed E-state index contributed by atoms with van der Waals surface area (Å²) in [6.45, 7) is 5.45. The van der Waals surface area contributed by atoms with Crippen LogP contribution in [0.5, 0.6) is 0 Å². The molecule has 0 aliphatic carbocycles. The van der Waals surface area contributed by atoms with E-state index in [0.29, 0.717) is 0 Å². The standard InChI is InChI=1S/C12H13N3O/c1-3-14-7-9-4-5-10-13-6-8(2)15(10)11(9)12(14)16/h4-6H,3,7H2,1-2H3. The third-order valence-corrected chi connectivity index (χ3v) is 3.16. The van der Waals surface area contributed by atoms with Gasteiger partial charge in [0.05, 0.1) is 0 Å². The number of hydrogen-bond acceptors (Lipinski definition) is 2. The molecule has 2 aromatic heterocycles. The first-order valence-electron chi connectivity index (χ1n) is 5.47. The van der Waals surface area contributed by atoms with Crippen molar-refractivity contribution in [1.29, 1.82) is 0 Å². The van der Waals surface area contributed by atoms with Crippen molar-refractivity contribution in [2.24, 2.45) is 0 Å². The molecule has 0 saturated heterocycles. The molecule has 0 fully saturated rings. The monoisotopic (exact) mass is 215 g/mol. The third kappa shape index (κ3) is 1.04. The van der Waals surface area contributed by atoms with E-state index in [0.717, 1.165) is 35.7 Å². The van der Waals surface area contributed by atoms with E-state index in [2.05, 4.69) is 4.98 Å². The number of pyridine rings is 1. The van der Waals surface area contributed by atoms with Crippen molar-refractivity contribution in [2.45, 2.75) is 20.4 Å². The van der Waals surface area contributed by atoms with Gasteiger partial charge >= 0.3 is 0 Å². The molecular formula is C12H13N3O. The molecule has 0 spiro atoms. The summed E-state index contributed by atoms with van der Waals surface area (Å²) in [7, 11) is 0. The van der Waals surface area contributed by atoms with Gasteiger partial charge in [-0.15, -0.1) is 0 Å². The van der Waals surface area contributed by atoms with Crippen molar-refractivity contribution < 1.29 is 4.79 Å². The van der Waals surface area contributed by atoms with Gasteiger partial charge in [-0.25, -0.2) is 4.98 Å². The van der Waals surface area contributed by atoms with Crippen LogP contribution < -0.4 is 0 Å². The first-order chi connectivity index (χ1) is 7.72. The summed E-state index contributed by atoms with van der Waals surface area (Å²) in [5.41, 5.74) is 3.75. The van der Waals surface area contributed by atoms with Crippen molar-refractivity contribution >= 4 is 11.6 Å². The zero-order valence-corrected chi connectivity index (χ0v) is 9.40. The number of hydrogen-bond donors (Lipinski definition) is 0. The minimum absolute atomic E-state index is 0.115. The van der Waals surface area contributed by atoms with Gasteiger partial charge in [0.15, 0.2) is 0 Å². The highest BCUT2D eigenvalue weighted by Crippen LogP contribution is 2.24. The van der Waals surface area contributed by atoms with E-state index in [9.17, 15) is 4.79 Å². The lowest BCUT2D eigenvalue weighted by Gasteiger charge is -2.11. The third-order valence-electron chi connectivity index (χ3n) is 3.16. The average molecular weight is 215 g/mol. The van der Waals surface area contributed by atoms with Gasteiger partial charge in [-0.3, -0.25) is 9.20 Å². The van der Waals surface area contributed by atoms with Gasteiger partial charge in [0.2, 0.25) is 0 Å². The lowest BCUT2D eigenvalue weighted by Crippen LogP contribution is -2.24. The molecular weight excluding hydrogens is 202 g/mol. The molecule has 0 aromatic carbocycles. The number of rotatable bonds is 1. The highest BCUT2D eigenvalue weighted by atomic mass is 16.2. The van der Waals surface area contributed by atoms with E-state index in [1.54, 1.807) is 6.20 Å². The number of amides is 1. The molecule has 0 bridgehead atoms. The van der Waals surface area contributed by atoms with Crippen LogP contribution in [-0.4, -0.2) is 26.7 Å². The maximum absolute atomic E-state index is 12.2. The Kier molecular flexibility index (Phi) is 1.80. The average Bonchev–Trinajstić information content (AvgIpc) is 2.81. The molecule has 82 valence electrons.